The summed E-state index contributed by atoms with van der Waals surface area (Å²) in [5, 5.41) is 15.4. The van der Waals surface area contributed by atoms with Gasteiger partial charge in [-0.05, 0) is 69.4 Å². The highest BCUT2D eigenvalue weighted by Crippen LogP contribution is 2.05. The molecule has 0 aliphatic heterocycles. The van der Waals surface area contributed by atoms with Crippen LogP contribution in [0.5, 0.6) is 0 Å². The van der Waals surface area contributed by atoms with E-state index in [9.17, 15) is 14.4 Å². The lowest BCUT2D eigenvalue weighted by atomic mass is 10.0. The van der Waals surface area contributed by atoms with Gasteiger partial charge in [0.05, 0.1) is 0 Å². The predicted octanol–water partition coefficient (Wildman–Crippen LogP) is 3.30. The SMILES string of the molecule is CCCC(=O)NC(Cc1ccccc1)C(=O)NCCCCNCCCNCCCNC(=O)OCc1ccccc1. The minimum Gasteiger partial charge on any atom is -0.445 e. The molecular formula is C31H47N5O4. The third-order valence-electron chi connectivity index (χ3n) is 6.21. The van der Waals surface area contributed by atoms with Crippen LogP contribution in [-0.2, 0) is 27.4 Å². The zero-order valence-electron chi connectivity index (χ0n) is 23.9. The van der Waals surface area contributed by atoms with Crippen molar-refractivity contribution >= 4 is 17.9 Å². The Hall–Kier alpha value is -3.43. The van der Waals surface area contributed by atoms with E-state index in [1.807, 2.05) is 67.6 Å². The minimum absolute atomic E-state index is 0.0897. The van der Waals surface area contributed by atoms with Gasteiger partial charge in [-0.25, -0.2) is 4.79 Å². The number of unbranched alkanes of at least 4 members (excludes halogenated alkanes) is 1. The number of amides is 3. The summed E-state index contributed by atoms with van der Waals surface area (Å²) >= 11 is 0. The van der Waals surface area contributed by atoms with Crippen LogP contribution in [0.15, 0.2) is 60.7 Å². The standard InChI is InChI=1S/C31H47N5O4/c1-2-13-29(37)36-28(24-26-14-5-3-6-15-26)30(38)34-22-10-9-18-32-19-11-20-33-21-12-23-35-31(39)40-25-27-16-7-4-8-17-27/h3-8,14-17,28,32-33H,2,9-13,18-25H2,1H3,(H,34,38)(H,35,39)(H,36,37). The van der Waals surface area contributed by atoms with Crippen LogP contribution in [-0.4, -0.2) is 63.2 Å². The summed E-state index contributed by atoms with van der Waals surface area (Å²) in [6.45, 7) is 6.96. The second kappa shape index (κ2) is 21.4. The van der Waals surface area contributed by atoms with E-state index in [4.69, 9.17) is 4.74 Å². The molecule has 2 aromatic rings. The van der Waals surface area contributed by atoms with Crippen molar-refractivity contribution in [2.24, 2.45) is 0 Å². The molecule has 0 fully saturated rings. The van der Waals surface area contributed by atoms with Crippen LogP contribution in [0.4, 0.5) is 4.79 Å². The molecule has 1 atom stereocenters. The van der Waals surface area contributed by atoms with Crippen molar-refractivity contribution in [2.75, 3.05) is 39.3 Å². The molecule has 0 aliphatic rings. The van der Waals surface area contributed by atoms with E-state index in [0.717, 1.165) is 69.4 Å². The number of alkyl carbamates (subject to hydrolysis) is 1. The minimum atomic E-state index is -0.559. The third-order valence-corrected chi connectivity index (χ3v) is 6.21. The first-order valence-electron chi connectivity index (χ1n) is 14.6. The van der Waals surface area contributed by atoms with Crippen LogP contribution in [0.25, 0.3) is 0 Å². The molecule has 9 heteroatoms. The topological polar surface area (TPSA) is 121 Å². The predicted molar refractivity (Wildman–Crippen MR) is 159 cm³/mol. The van der Waals surface area contributed by atoms with E-state index in [0.29, 0.717) is 25.9 Å². The average Bonchev–Trinajstić information content (AvgIpc) is 2.97. The third kappa shape index (κ3) is 15.9. The Bertz CT molecular complexity index is 959. The Morgan fingerprint density at radius 3 is 1.90 bits per heavy atom. The normalized spacial score (nSPS) is 11.4. The Morgan fingerprint density at radius 1 is 0.700 bits per heavy atom. The molecule has 9 nitrogen and oxygen atoms in total. The lowest BCUT2D eigenvalue weighted by Gasteiger charge is -2.18. The van der Waals surface area contributed by atoms with Gasteiger partial charge in [-0.1, -0.05) is 67.6 Å². The van der Waals surface area contributed by atoms with E-state index < -0.39 is 12.1 Å². The molecule has 5 N–H and O–H groups in total. The average molecular weight is 554 g/mol. The van der Waals surface area contributed by atoms with Crippen LogP contribution in [0.3, 0.4) is 0 Å². The monoisotopic (exact) mass is 553 g/mol. The maximum absolute atomic E-state index is 12.7. The second-order valence-electron chi connectivity index (χ2n) is 9.75. The molecule has 0 saturated heterocycles. The zero-order chi connectivity index (χ0) is 28.7. The van der Waals surface area contributed by atoms with Gasteiger partial charge in [-0.3, -0.25) is 9.59 Å². The van der Waals surface area contributed by atoms with Crippen LogP contribution >= 0.6 is 0 Å². The first kappa shape index (κ1) is 32.8. The highest BCUT2D eigenvalue weighted by molar-refractivity contribution is 5.87. The number of carbonyl (C=O) groups excluding carboxylic acids is 3. The van der Waals surface area contributed by atoms with Crippen molar-refractivity contribution in [3.63, 3.8) is 0 Å². The zero-order valence-corrected chi connectivity index (χ0v) is 23.9. The van der Waals surface area contributed by atoms with E-state index >= 15 is 0 Å². The second-order valence-corrected chi connectivity index (χ2v) is 9.75. The lowest BCUT2D eigenvalue weighted by Crippen LogP contribution is -2.48. The fourth-order valence-electron chi connectivity index (χ4n) is 4.03. The van der Waals surface area contributed by atoms with Crippen molar-refractivity contribution in [3.05, 3.63) is 71.8 Å². The molecule has 2 aromatic carbocycles. The van der Waals surface area contributed by atoms with E-state index in [1.165, 1.54) is 0 Å². The van der Waals surface area contributed by atoms with E-state index in [2.05, 4.69) is 26.6 Å². The molecule has 0 bridgehead atoms. The Kier molecular flexibility index (Phi) is 17.5. The summed E-state index contributed by atoms with van der Waals surface area (Å²) < 4.78 is 5.19. The van der Waals surface area contributed by atoms with Gasteiger partial charge in [0.15, 0.2) is 0 Å². The molecule has 2 rings (SSSR count). The van der Waals surface area contributed by atoms with Crippen LogP contribution in [0, 0.1) is 0 Å². The highest BCUT2D eigenvalue weighted by atomic mass is 16.5. The molecule has 0 heterocycles. The number of hydrogen-bond acceptors (Lipinski definition) is 6. The Balaban J connectivity index is 1.42. The molecule has 1 unspecified atom stereocenters. The van der Waals surface area contributed by atoms with Crippen LogP contribution < -0.4 is 26.6 Å². The highest BCUT2D eigenvalue weighted by Gasteiger charge is 2.20. The van der Waals surface area contributed by atoms with E-state index in [-0.39, 0.29) is 18.4 Å². The molecular weight excluding hydrogens is 506 g/mol. The van der Waals surface area contributed by atoms with E-state index in [1.54, 1.807) is 0 Å². The fourth-order valence-corrected chi connectivity index (χ4v) is 4.03. The molecule has 0 spiro atoms. The molecule has 40 heavy (non-hydrogen) atoms. The maximum atomic E-state index is 12.7. The van der Waals surface area contributed by atoms with Crippen molar-refractivity contribution in [1.82, 2.24) is 26.6 Å². The molecule has 0 saturated carbocycles. The Labute approximate surface area is 239 Å². The van der Waals surface area contributed by atoms with Gasteiger partial charge in [0, 0.05) is 25.9 Å². The van der Waals surface area contributed by atoms with Gasteiger partial charge < -0.3 is 31.3 Å². The molecule has 220 valence electrons. The van der Waals surface area contributed by atoms with Crippen LogP contribution in [0.1, 0.15) is 56.6 Å². The first-order valence-corrected chi connectivity index (χ1v) is 14.6. The number of ether oxygens (including phenoxy) is 1. The van der Waals surface area contributed by atoms with Gasteiger partial charge in [-0.15, -0.1) is 0 Å². The lowest BCUT2D eigenvalue weighted by molar-refractivity contribution is -0.129. The van der Waals surface area contributed by atoms with Gasteiger partial charge >= 0.3 is 6.09 Å². The summed E-state index contributed by atoms with van der Waals surface area (Å²) in [4.78, 5) is 36.5. The largest absolute Gasteiger partial charge is 0.445 e. The van der Waals surface area contributed by atoms with Crippen LogP contribution in [0.2, 0.25) is 0 Å². The van der Waals surface area contributed by atoms with Gasteiger partial charge in [0.25, 0.3) is 0 Å². The number of nitrogens with one attached hydrogen (secondary N) is 5. The summed E-state index contributed by atoms with van der Waals surface area (Å²) in [7, 11) is 0. The van der Waals surface area contributed by atoms with Crippen molar-refractivity contribution in [2.45, 2.75) is 64.5 Å². The summed E-state index contributed by atoms with van der Waals surface area (Å²) in [6.07, 6.45) is 4.96. The molecule has 0 aliphatic carbocycles. The summed E-state index contributed by atoms with van der Waals surface area (Å²) in [6, 6.07) is 18.8. The number of hydrogen-bond donors (Lipinski definition) is 5. The van der Waals surface area contributed by atoms with Crippen molar-refractivity contribution < 1.29 is 19.1 Å². The van der Waals surface area contributed by atoms with Crippen molar-refractivity contribution in [3.8, 4) is 0 Å². The first-order chi connectivity index (χ1) is 19.6. The van der Waals surface area contributed by atoms with Gasteiger partial charge in [0.1, 0.15) is 12.6 Å². The van der Waals surface area contributed by atoms with Gasteiger partial charge in [0.2, 0.25) is 11.8 Å². The number of rotatable bonds is 21. The summed E-state index contributed by atoms with van der Waals surface area (Å²) in [5.41, 5.74) is 1.99. The maximum Gasteiger partial charge on any atom is 0.407 e. The number of benzene rings is 2. The number of carbonyl (C=O) groups is 3. The fraction of sp³-hybridized carbons (Fsp3) is 0.516. The molecule has 0 radical (unpaired) electrons. The summed E-state index contributed by atoms with van der Waals surface area (Å²) in [5.74, 6) is -0.222. The quantitative estimate of drug-likeness (QED) is 0.151. The smallest absolute Gasteiger partial charge is 0.407 e. The van der Waals surface area contributed by atoms with Crippen molar-refractivity contribution in [1.29, 1.82) is 0 Å². The Morgan fingerprint density at radius 2 is 1.25 bits per heavy atom. The molecule has 3 amide bonds. The van der Waals surface area contributed by atoms with Gasteiger partial charge in [-0.2, -0.15) is 0 Å². The molecule has 0 aromatic heterocycles.